The summed E-state index contributed by atoms with van der Waals surface area (Å²) in [7, 11) is 3.64. The summed E-state index contributed by atoms with van der Waals surface area (Å²) in [5.74, 6) is 0.953. The van der Waals surface area contributed by atoms with E-state index in [9.17, 15) is 0 Å². The maximum atomic E-state index is 5.78. The van der Waals surface area contributed by atoms with Gasteiger partial charge in [-0.2, -0.15) is 0 Å². The van der Waals surface area contributed by atoms with Gasteiger partial charge in [0, 0.05) is 26.2 Å². The van der Waals surface area contributed by atoms with E-state index in [4.69, 9.17) is 14.2 Å². The molecule has 0 aliphatic rings. The molecule has 0 aliphatic heterocycles. The molecule has 4 heteroatoms. The Labute approximate surface area is 122 Å². The fourth-order valence-electron chi connectivity index (χ4n) is 1.86. The van der Waals surface area contributed by atoms with Crippen molar-refractivity contribution in [3.8, 4) is 5.75 Å². The second kappa shape index (κ2) is 9.75. The predicted molar refractivity (Wildman–Crippen MR) is 81.5 cm³/mol. The van der Waals surface area contributed by atoms with E-state index >= 15 is 0 Å². The minimum Gasteiger partial charge on any atom is -0.493 e. The fraction of sp³-hybridized carbons (Fsp3) is 0.625. The molecule has 20 heavy (non-hydrogen) atoms. The Bertz CT molecular complexity index is 382. The zero-order valence-electron chi connectivity index (χ0n) is 13.1. The Morgan fingerprint density at radius 1 is 1.15 bits per heavy atom. The van der Waals surface area contributed by atoms with Crippen molar-refractivity contribution in [2.24, 2.45) is 0 Å². The van der Waals surface area contributed by atoms with Gasteiger partial charge in [-0.15, -0.1) is 0 Å². The molecule has 0 radical (unpaired) electrons. The molecule has 114 valence electrons. The van der Waals surface area contributed by atoms with Gasteiger partial charge in [-0.25, -0.2) is 0 Å². The molecule has 1 aromatic rings. The molecule has 0 fully saturated rings. The average Bonchev–Trinajstić information content (AvgIpc) is 2.46. The van der Waals surface area contributed by atoms with Gasteiger partial charge in [-0.1, -0.05) is 12.1 Å². The summed E-state index contributed by atoms with van der Waals surface area (Å²) in [6, 6.07) is 6.69. The monoisotopic (exact) mass is 281 g/mol. The molecule has 1 N–H and O–H groups in total. The van der Waals surface area contributed by atoms with Gasteiger partial charge in [-0.05, 0) is 38.1 Å². The van der Waals surface area contributed by atoms with Crippen LogP contribution in [0.2, 0.25) is 0 Å². The first-order chi connectivity index (χ1) is 9.69. The average molecular weight is 281 g/mol. The normalized spacial score (nSPS) is 12.4. The summed E-state index contributed by atoms with van der Waals surface area (Å²) in [6.07, 6.45) is 0.887. The third kappa shape index (κ3) is 5.90. The summed E-state index contributed by atoms with van der Waals surface area (Å²) in [6.45, 7) is 6.90. The van der Waals surface area contributed by atoms with Crippen molar-refractivity contribution in [1.82, 2.24) is 5.32 Å². The molecule has 1 unspecified atom stereocenters. The van der Waals surface area contributed by atoms with E-state index in [1.807, 2.05) is 13.1 Å². The maximum Gasteiger partial charge on any atom is 0.122 e. The summed E-state index contributed by atoms with van der Waals surface area (Å²) >= 11 is 0. The van der Waals surface area contributed by atoms with Gasteiger partial charge >= 0.3 is 0 Å². The Kier molecular flexibility index (Phi) is 8.26. The van der Waals surface area contributed by atoms with E-state index in [0.29, 0.717) is 32.5 Å². The Morgan fingerprint density at radius 3 is 2.60 bits per heavy atom. The summed E-state index contributed by atoms with van der Waals surface area (Å²) in [5, 5.41) is 3.24. The molecule has 0 bridgehead atoms. The van der Waals surface area contributed by atoms with E-state index in [-0.39, 0.29) is 0 Å². The maximum absolute atomic E-state index is 5.78. The van der Waals surface area contributed by atoms with Gasteiger partial charge in [0.1, 0.15) is 5.75 Å². The molecule has 1 rings (SSSR count). The van der Waals surface area contributed by atoms with E-state index in [2.05, 4.69) is 31.3 Å². The molecule has 0 aromatic heterocycles. The fourth-order valence-corrected chi connectivity index (χ4v) is 1.86. The number of nitrogens with one attached hydrogen (secondary N) is 1. The molecule has 0 saturated carbocycles. The highest BCUT2D eigenvalue weighted by Gasteiger charge is 2.05. The minimum atomic E-state index is 0.358. The summed E-state index contributed by atoms with van der Waals surface area (Å²) < 4.78 is 16.1. The van der Waals surface area contributed by atoms with Crippen molar-refractivity contribution >= 4 is 0 Å². The zero-order chi connectivity index (χ0) is 14.8. The molecule has 0 aliphatic carbocycles. The number of ether oxygens (including phenoxy) is 3. The zero-order valence-corrected chi connectivity index (χ0v) is 13.1. The molecule has 0 spiro atoms. The number of hydrogen-bond donors (Lipinski definition) is 1. The van der Waals surface area contributed by atoms with Crippen molar-refractivity contribution in [3.63, 3.8) is 0 Å². The highest BCUT2D eigenvalue weighted by atomic mass is 16.5. The lowest BCUT2D eigenvalue weighted by molar-refractivity contribution is 0.0644. The number of hydrogen-bond acceptors (Lipinski definition) is 4. The molecule has 0 saturated heterocycles. The van der Waals surface area contributed by atoms with Gasteiger partial charge in [0.2, 0.25) is 0 Å². The largest absolute Gasteiger partial charge is 0.493 e. The summed E-state index contributed by atoms with van der Waals surface area (Å²) in [5.41, 5.74) is 2.45. The molecular weight excluding hydrogens is 254 g/mol. The van der Waals surface area contributed by atoms with Crippen LogP contribution in [0.3, 0.4) is 0 Å². The van der Waals surface area contributed by atoms with Crippen LogP contribution in [0, 0.1) is 6.92 Å². The van der Waals surface area contributed by atoms with Crippen molar-refractivity contribution in [3.05, 3.63) is 29.3 Å². The topological polar surface area (TPSA) is 39.7 Å². The Balaban J connectivity index is 2.30. The van der Waals surface area contributed by atoms with Crippen LogP contribution in [-0.4, -0.2) is 40.6 Å². The van der Waals surface area contributed by atoms with Crippen LogP contribution in [0.1, 0.15) is 30.5 Å². The molecular formula is C16H27NO3. The lowest BCUT2D eigenvalue weighted by Gasteiger charge is -2.14. The lowest BCUT2D eigenvalue weighted by Crippen LogP contribution is -2.12. The SMILES string of the molecule is CNC(C)c1ccc(OCCCOCCOC)c(C)c1. The van der Waals surface area contributed by atoms with Crippen molar-refractivity contribution in [1.29, 1.82) is 0 Å². The predicted octanol–water partition coefficient (Wildman–Crippen LogP) is 2.71. The van der Waals surface area contributed by atoms with Crippen molar-refractivity contribution < 1.29 is 14.2 Å². The van der Waals surface area contributed by atoms with E-state index in [1.54, 1.807) is 7.11 Å². The van der Waals surface area contributed by atoms with Gasteiger partial charge in [-0.3, -0.25) is 0 Å². The number of methoxy groups -OCH3 is 1. The molecule has 1 atom stereocenters. The standard InChI is InChI=1S/C16H27NO3/c1-13-12-15(14(2)17-3)6-7-16(13)20-9-5-8-19-11-10-18-4/h6-7,12,14,17H,5,8-11H2,1-4H3. The summed E-state index contributed by atoms with van der Waals surface area (Å²) in [4.78, 5) is 0. The number of aryl methyl sites for hydroxylation is 1. The van der Waals surface area contributed by atoms with E-state index < -0.39 is 0 Å². The van der Waals surface area contributed by atoms with Crippen LogP contribution < -0.4 is 10.1 Å². The third-order valence-corrected chi connectivity index (χ3v) is 3.25. The van der Waals surface area contributed by atoms with E-state index in [0.717, 1.165) is 12.2 Å². The molecule has 1 aromatic carbocycles. The van der Waals surface area contributed by atoms with Crippen LogP contribution in [0.5, 0.6) is 5.75 Å². The highest BCUT2D eigenvalue weighted by Crippen LogP contribution is 2.22. The van der Waals surface area contributed by atoms with Crippen LogP contribution in [-0.2, 0) is 9.47 Å². The van der Waals surface area contributed by atoms with Crippen LogP contribution in [0.15, 0.2) is 18.2 Å². The first-order valence-electron chi connectivity index (χ1n) is 7.16. The number of benzene rings is 1. The van der Waals surface area contributed by atoms with Gasteiger partial charge in [0.15, 0.2) is 0 Å². The first-order valence-corrected chi connectivity index (χ1v) is 7.16. The highest BCUT2D eigenvalue weighted by molar-refractivity contribution is 5.37. The first kappa shape index (κ1) is 17.0. The van der Waals surface area contributed by atoms with Crippen LogP contribution >= 0.6 is 0 Å². The number of rotatable bonds is 10. The van der Waals surface area contributed by atoms with Gasteiger partial charge < -0.3 is 19.5 Å². The quantitative estimate of drug-likeness (QED) is 0.669. The van der Waals surface area contributed by atoms with Crippen molar-refractivity contribution in [2.75, 3.05) is 40.6 Å². The van der Waals surface area contributed by atoms with Crippen LogP contribution in [0.4, 0.5) is 0 Å². The van der Waals surface area contributed by atoms with Gasteiger partial charge in [0.05, 0.1) is 19.8 Å². The lowest BCUT2D eigenvalue weighted by atomic mass is 10.1. The smallest absolute Gasteiger partial charge is 0.122 e. The van der Waals surface area contributed by atoms with E-state index in [1.165, 1.54) is 11.1 Å². The Hall–Kier alpha value is -1.10. The Morgan fingerprint density at radius 2 is 1.95 bits per heavy atom. The third-order valence-electron chi connectivity index (χ3n) is 3.25. The van der Waals surface area contributed by atoms with Crippen LogP contribution in [0.25, 0.3) is 0 Å². The second-order valence-corrected chi connectivity index (χ2v) is 4.84. The molecule has 4 nitrogen and oxygen atoms in total. The molecule has 0 amide bonds. The second-order valence-electron chi connectivity index (χ2n) is 4.84. The van der Waals surface area contributed by atoms with Crippen molar-refractivity contribution in [2.45, 2.75) is 26.3 Å². The minimum absolute atomic E-state index is 0.358. The molecule has 0 heterocycles. The van der Waals surface area contributed by atoms with Gasteiger partial charge in [0.25, 0.3) is 0 Å².